The lowest BCUT2D eigenvalue weighted by Gasteiger charge is -2.22. The average molecular weight is 236 g/mol. The third-order valence-corrected chi connectivity index (χ3v) is 2.88. The molecule has 1 aromatic rings. The summed E-state index contributed by atoms with van der Waals surface area (Å²) in [5.74, 6) is -0.481. The van der Waals surface area contributed by atoms with E-state index in [1.165, 1.54) is 6.07 Å². The van der Waals surface area contributed by atoms with Gasteiger partial charge in [0.15, 0.2) is 0 Å². The molecule has 0 saturated carbocycles. The minimum atomic E-state index is -0.995. The van der Waals surface area contributed by atoms with E-state index < -0.39 is 5.97 Å². The molecule has 0 aliphatic heterocycles. The lowest BCUT2D eigenvalue weighted by Crippen LogP contribution is -2.24. The van der Waals surface area contributed by atoms with Gasteiger partial charge in [0.1, 0.15) is 0 Å². The molecule has 0 aliphatic rings. The Bertz CT molecular complexity index is 402. The lowest BCUT2D eigenvalue weighted by atomic mass is 10.0. The van der Waals surface area contributed by atoms with Gasteiger partial charge in [0, 0.05) is 17.4 Å². The molecule has 4 nitrogen and oxygen atoms in total. The number of hydrogen-bond donors (Lipinski definition) is 3. The number of rotatable bonds is 5. The fraction of sp³-hybridized carbons (Fsp3) is 0.462. The zero-order valence-electron chi connectivity index (χ0n) is 10.5. The highest BCUT2D eigenvalue weighted by Gasteiger charge is 2.12. The molecule has 1 atom stereocenters. The number of benzene rings is 1. The van der Waals surface area contributed by atoms with Crippen LogP contribution in [0.25, 0.3) is 0 Å². The molecule has 0 bridgehead atoms. The molecule has 0 heterocycles. The Morgan fingerprint density at radius 2 is 2.12 bits per heavy atom. The van der Waals surface area contributed by atoms with Gasteiger partial charge in [0.05, 0.1) is 5.56 Å². The molecular weight excluding hydrogens is 216 g/mol. The molecule has 17 heavy (non-hydrogen) atoms. The highest BCUT2D eigenvalue weighted by molar-refractivity contribution is 5.94. The van der Waals surface area contributed by atoms with E-state index in [1.54, 1.807) is 12.1 Å². The van der Waals surface area contributed by atoms with Crippen molar-refractivity contribution in [3.63, 3.8) is 0 Å². The molecule has 4 heteroatoms. The molecule has 94 valence electrons. The van der Waals surface area contributed by atoms with Crippen LogP contribution < -0.4 is 11.1 Å². The molecule has 0 amide bonds. The molecule has 0 radical (unpaired) electrons. The monoisotopic (exact) mass is 236 g/mol. The average Bonchev–Trinajstić information content (AvgIpc) is 2.24. The molecule has 1 rings (SSSR count). The minimum Gasteiger partial charge on any atom is -0.478 e. The molecule has 1 unspecified atom stereocenters. The third kappa shape index (κ3) is 3.37. The van der Waals surface area contributed by atoms with Crippen LogP contribution in [0.5, 0.6) is 0 Å². The number of carboxylic acid groups (broad SMARTS) is 1. The quantitative estimate of drug-likeness (QED) is 0.687. The number of carboxylic acids is 1. The van der Waals surface area contributed by atoms with E-state index in [9.17, 15) is 4.79 Å². The summed E-state index contributed by atoms with van der Waals surface area (Å²) in [5.41, 5.74) is 7.00. The Labute approximate surface area is 102 Å². The molecule has 0 saturated heterocycles. The van der Waals surface area contributed by atoms with Crippen LogP contribution in [0, 0.1) is 5.92 Å². The van der Waals surface area contributed by atoms with Crippen LogP contribution >= 0.6 is 0 Å². The number of carbonyl (C=O) groups is 1. The van der Waals surface area contributed by atoms with Crippen LogP contribution in [0.1, 0.15) is 37.6 Å². The second-order valence-corrected chi connectivity index (χ2v) is 4.51. The number of nitrogens with one attached hydrogen (secondary N) is 1. The number of nitrogen functional groups attached to an aromatic ring is 1. The van der Waals surface area contributed by atoms with Crippen LogP contribution in [-0.4, -0.2) is 17.1 Å². The van der Waals surface area contributed by atoms with Gasteiger partial charge in [-0.05, 0) is 30.5 Å². The Balaban J connectivity index is 2.87. The SMILES string of the molecule is CCC(Nc1ccc(C(=O)O)c(N)c1)C(C)C. The Morgan fingerprint density at radius 3 is 2.53 bits per heavy atom. The van der Waals surface area contributed by atoms with Gasteiger partial charge in [0.2, 0.25) is 0 Å². The molecule has 0 aliphatic carbocycles. The van der Waals surface area contributed by atoms with Crippen LogP contribution in [-0.2, 0) is 0 Å². The van der Waals surface area contributed by atoms with Crippen molar-refractivity contribution in [1.29, 1.82) is 0 Å². The van der Waals surface area contributed by atoms with E-state index in [-0.39, 0.29) is 5.56 Å². The zero-order chi connectivity index (χ0) is 13.0. The maximum Gasteiger partial charge on any atom is 0.337 e. The topological polar surface area (TPSA) is 75.3 Å². The van der Waals surface area contributed by atoms with E-state index >= 15 is 0 Å². The fourth-order valence-corrected chi connectivity index (χ4v) is 1.80. The maximum absolute atomic E-state index is 10.8. The molecular formula is C13H20N2O2. The minimum absolute atomic E-state index is 0.146. The highest BCUT2D eigenvalue weighted by atomic mass is 16.4. The Morgan fingerprint density at radius 1 is 1.47 bits per heavy atom. The van der Waals surface area contributed by atoms with Crippen molar-refractivity contribution >= 4 is 17.3 Å². The van der Waals surface area contributed by atoms with Gasteiger partial charge in [-0.25, -0.2) is 4.79 Å². The standard InChI is InChI=1S/C13H20N2O2/c1-4-12(8(2)3)15-9-5-6-10(13(16)17)11(14)7-9/h5-8,12,15H,4,14H2,1-3H3,(H,16,17). The van der Waals surface area contributed by atoms with Crippen molar-refractivity contribution in [3.8, 4) is 0 Å². The highest BCUT2D eigenvalue weighted by Crippen LogP contribution is 2.21. The number of aromatic carboxylic acids is 1. The van der Waals surface area contributed by atoms with Gasteiger partial charge in [0.25, 0.3) is 0 Å². The van der Waals surface area contributed by atoms with Crippen LogP contribution in [0.15, 0.2) is 18.2 Å². The zero-order valence-corrected chi connectivity index (χ0v) is 10.5. The molecule has 1 aromatic carbocycles. The van der Waals surface area contributed by atoms with E-state index in [1.807, 2.05) is 0 Å². The molecule has 0 spiro atoms. The Hall–Kier alpha value is -1.71. The van der Waals surface area contributed by atoms with Gasteiger partial charge >= 0.3 is 5.97 Å². The van der Waals surface area contributed by atoms with E-state index in [4.69, 9.17) is 10.8 Å². The predicted octanol–water partition coefficient (Wildman–Crippen LogP) is 2.81. The van der Waals surface area contributed by atoms with E-state index in [0.29, 0.717) is 17.6 Å². The molecule has 4 N–H and O–H groups in total. The summed E-state index contributed by atoms with van der Waals surface area (Å²) in [6.07, 6.45) is 1.01. The van der Waals surface area contributed by atoms with Crippen LogP contribution in [0.4, 0.5) is 11.4 Å². The van der Waals surface area contributed by atoms with E-state index in [2.05, 4.69) is 26.1 Å². The first-order chi connectivity index (χ1) is 7.95. The Kier molecular flexibility index (Phi) is 4.37. The first-order valence-electron chi connectivity index (χ1n) is 5.85. The summed E-state index contributed by atoms with van der Waals surface area (Å²) in [6.45, 7) is 6.42. The van der Waals surface area contributed by atoms with Gasteiger partial charge < -0.3 is 16.2 Å². The first kappa shape index (κ1) is 13.4. The second kappa shape index (κ2) is 5.57. The van der Waals surface area contributed by atoms with Crippen LogP contribution in [0.3, 0.4) is 0 Å². The summed E-state index contributed by atoms with van der Waals surface area (Å²) in [4.78, 5) is 10.8. The molecule has 0 fully saturated rings. The van der Waals surface area contributed by atoms with Gasteiger partial charge in [-0.1, -0.05) is 20.8 Å². The lowest BCUT2D eigenvalue weighted by molar-refractivity contribution is 0.0698. The summed E-state index contributed by atoms with van der Waals surface area (Å²) < 4.78 is 0. The predicted molar refractivity (Wildman–Crippen MR) is 70.4 cm³/mol. The summed E-state index contributed by atoms with van der Waals surface area (Å²) in [7, 11) is 0. The van der Waals surface area contributed by atoms with Crippen molar-refractivity contribution in [1.82, 2.24) is 0 Å². The van der Waals surface area contributed by atoms with E-state index in [0.717, 1.165) is 12.1 Å². The smallest absolute Gasteiger partial charge is 0.337 e. The van der Waals surface area contributed by atoms with Gasteiger partial charge in [-0.2, -0.15) is 0 Å². The fourth-order valence-electron chi connectivity index (χ4n) is 1.80. The normalized spacial score (nSPS) is 12.5. The van der Waals surface area contributed by atoms with Gasteiger partial charge in [-0.3, -0.25) is 0 Å². The largest absolute Gasteiger partial charge is 0.478 e. The van der Waals surface area contributed by atoms with Crippen molar-refractivity contribution < 1.29 is 9.90 Å². The summed E-state index contributed by atoms with van der Waals surface area (Å²) in [6, 6.07) is 5.33. The first-order valence-corrected chi connectivity index (χ1v) is 5.85. The van der Waals surface area contributed by atoms with Crippen molar-refractivity contribution in [2.45, 2.75) is 33.2 Å². The van der Waals surface area contributed by atoms with Crippen molar-refractivity contribution in [3.05, 3.63) is 23.8 Å². The van der Waals surface area contributed by atoms with Crippen LogP contribution in [0.2, 0.25) is 0 Å². The second-order valence-electron chi connectivity index (χ2n) is 4.51. The number of anilines is 2. The van der Waals surface area contributed by atoms with Gasteiger partial charge in [-0.15, -0.1) is 0 Å². The molecule has 0 aromatic heterocycles. The summed E-state index contributed by atoms with van der Waals surface area (Å²) >= 11 is 0. The van der Waals surface area contributed by atoms with Crippen molar-refractivity contribution in [2.24, 2.45) is 5.92 Å². The number of hydrogen-bond acceptors (Lipinski definition) is 3. The summed E-state index contributed by atoms with van der Waals surface area (Å²) in [5, 5.41) is 12.2. The van der Waals surface area contributed by atoms with Crippen molar-refractivity contribution in [2.75, 3.05) is 11.1 Å². The maximum atomic E-state index is 10.8. The third-order valence-electron chi connectivity index (χ3n) is 2.88. The number of nitrogens with two attached hydrogens (primary N) is 1.